The maximum atomic E-state index is 12.0. The first kappa shape index (κ1) is 14.6. The normalized spacial score (nSPS) is 13.9. The van der Waals surface area contributed by atoms with Gasteiger partial charge >= 0.3 is 0 Å². The summed E-state index contributed by atoms with van der Waals surface area (Å²) in [4.78, 5) is 4.65. The van der Waals surface area contributed by atoms with E-state index >= 15 is 0 Å². The Hall–Kier alpha value is -1.76. The average Bonchev–Trinajstić information content (AvgIpc) is 2.47. The van der Waals surface area contributed by atoms with Crippen LogP contribution in [0.25, 0.3) is 11.1 Å². The van der Waals surface area contributed by atoms with Crippen LogP contribution in [0.15, 0.2) is 47.5 Å². The molecule has 0 aliphatic rings. The van der Waals surface area contributed by atoms with E-state index in [1.165, 1.54) is 0 Å². The van der Waals surface area contributed by atoms with Crippen molar-refractivity contribution in [2.24, 2.45) is 5.73 Å². The van der Waals surface area contributed by atoms with E-state index in [2.05, 4.69) is 4.98 Å². The Morgan fingerprint density at radius 3 is 2.30 bits per heavy atom. The van der Waals surface area contributed by atoms with Crippen molar-refractivity contribution >= 4 is 9.73 Å². The van der Waals surface area contributed by atoms with E-state index in [0.717, 1.165) is 16.8 Å². The molecule has 2 aromatic rings. The largest absolute Gasteiger partial charge is 0.395 e. The van der Waals surface area contributed by atoms with Crippen molar-refractivity contribution in [2.45, 2.75) is 11.4 Å². The summed E-state index contributed by atoms with van der Waals surface area (Å²) >= 11 is 0. The molecule has 1 aromatic heterocycles. The Morgan fingerprint density at radius 2 is 1.80 bits per heavy atom. The van der Waals surface area contributed by atoms with Gasteiger partial charge in [0.25, 0.3) is 0 Å². The van der Waals surface area contributed by atoms with Gasteiger partial charge in [-0.1, -0.05) is 18.2 Å². The summed E-state index contributed by atoms with van der Waals surface area (Å²) in [6, 6.07) is 10.7. The summed E-state index contributed by atoms with van der Waals surface area (Å²) in [5.74, 6) is -0.0426. The number of benzene rings is 1. The van der Waals surface area contributed by atoms with Crippen LogP contribution in [0.3, 0.4) is 0 Å². The first-order valence-corrected chi connectivity index (χ1v) is 7.92. The van der Waals surface area contributed by atoms with Crippen molar-refractivity contribution in [1.29, 1.82) is 4.78 Å². The molecule has 0 spiro atoms. The highest BCUT2D eigenvalue weighted by Gasteiger charge is 2.09. The highest BCUT2D eigenvalue weighted by atomic mass is 32.2. The van der Waals surface area contributed by atoms with Gasteiger partial charge in [0.1, 0.15) is 0 Å². The average molecular weight is 291 g/mol. The fourth-order valence-electron chi connectivity index (χ4n) is 1.83. The van der Waals surface area contributed by atoms with E-state index in [0.29, 0.717) is 11.4 Å². The Balaban J connectivity index is 2.27. The zero-order valence-corrected chi connectivity index (χ0v) is 11.8. The number of nitrogens with two attached hydrogens (primary N) is 1. The SMILES string of the molecule is N=S(=O)(CCO)c1ccc(-c2ccc(CN)nc2)cc1. The van der Waals surface area contributed by atoms with Crippen molar-refractivity contribution in [3.05, 3.63) is 48.3 Å². The molecular weight excluding hydrogens is 274 g/mol. The number of nitrogens with zero attached hydrogens (tertiary/aromatic N) is 1. The molecule has 1 atom stereocenters. The monoisotopic (exact) mass is 291 g/mol. The van der Waals surface area contributed by atoms with Gasteiger partial charge in [0.05, 0.1) is 27.8 Å². The van der Waals surface area contributed by atoms with Crippen LogP contribution in [-0.2, 0) is 16.3 Å². The van der Waals surface area contributed by atoms with Gasteiger partial charge in [0.15, 0.2) is 0 Å². The van der Waals surface area contributed by atoms with Crippen molar-refractivity contribution in [1.82, 2.24) is 4.98 Å². The molecule has 0 fully saturated rings. The first-order valence-electron chi connectivity index (χ1n) is 6.19. The highest BCUT2D eigenvalue weighted by molar-refractivity contribution is 7.92. The van der Waals surface area contributed by atoms with E-state index in [1.54, 1.807) is 30.5 Å². The molecule has 1 aromatic carbocycles. The molecule has 2 rings (SSSR count). The molecule has 106 valence electrons. The predicted molar refractivity (Wildman–Crippen MR) is 78.6 cm³/mol. The number of rotatable bonds is 5. The molecule has 1 heterocycles. The van der Waals surface area contributed by atoms with Gasteiger partial charge in [-0.15, -0.1) is 0 Å². The summed E-state index contributed by atoms with van der Waals surface area (Å²) in [5, 5.41) is 8.83. The molecule has 0 radical (unpaired) electrons. The van der Waals surface area contributed by atoms with Crippen LogP contribution in [-0.4, -0.2) is 26.7 Å². The second-order valence-corrected chi connectivity index (χ2v) is 6.60. The molecule has 0 aliphatic carbocycles. The van der Waals surface area contributed by atoms with Gasteiger partial charge in [-0.3, -0.25) is 4.98 Å². The third-order valence-corrected chi connectivity index (χ3v) is 4.77. The number of hydrogen-bond acceptors (Lipinski definition) is 5. The molecule has 0 saturated carbocycles. The summed E-state index contributed by atoms with van der Waals surface area (Å²) < 4.78 is 19.7. The molecule has 6 heteroatoms. The van der Waals surface area contributed by atoms with Crippen LogP contribution < -0.4 is 5.73 Å². The topological polar surface area (TPSA) is 100 Å². The third-order valence-electron chi connectivity index (χ3n) is 2.98. The minimum atomic E-state index is -2.90. The van der Waals surface area contributed by atoms with Crippen LogP contribution in [0.1, 0.15) is 5.69 Å². The number of hydrogen-bond donors (Lipinski definition) is 3. The van der Waals surface area contributed by atoms with Gasteiger partial charge in [-0.25, -0.2) is 8.99 Å². The van der Waals surface area contributed by atoms with Crippen molar-refractivity contribution in [2.75, 3.05) is 12.4 Å². The number of pyridine rings is 1. The summed E-state index contributed by atoms with van der Waals surface area (Å²) in [6.07, 6.45) is 1.74. The maximum Gasteiger partial charge on any atom is 0.0748 e. The van der Waals surface area contributed by atoms with E-state index in [4.69, 9.17) is 15.6 Å². The van der Waals surface area contributed by atoms with Crippen LogP contribution in [0.2, 0.25) is 0 Å². The smallest absolute Gasteiger partial charge is 0.0748 e. The van der Waals surface area contributed by atoms with E-state index in [9.17, 15) is 4.21 Å². The molecule has 4 N–H and O–H groups in total. The Kier molecular flexibility index (Phi) is 4.49. The highest BCUT2D eigenvalue weighted by Crippen LogP contribution is 2.21. The Labute approximate surface area is 118 Å². The van der Waals surface area contributed by atoms with Gasteiger partial charge in [-0.05, 0) is 23.8 Å². The van der Waals surface area contributed by atoms with E-state index in [-0.39, 0.29) is 12.4 Å². The molecule has 1 unspecified atom stereocenters. The third kappa shape index (κ3) is 3.22. The molecular formula is C14H17N3O2S. The molecule has 0 bridgehead atoms. The van der Waals surface area contributed by atoms with Crippen LogP contribution in [0.4, 0.5) is 0 Å². The minimum Gasteiger partial charge on any atom is -0.395 e. The lowest BCUT2D eigenvalue weighted by Gasteiger charge is -2.07. The second kappa shape index (κ2) is 6.13. The van der Waals surface area contributed by atoms with Gasteiger partial charge < -0.3 is 10.8 Å². The van der Waals surface area contributed by atoms with Crippen molar-refractivity contribution < 1.29 is 9.32 Å². The number of aromatic nitrogens is 1. The fraction of sp³-hybridized carbons (Fsp3) is 0.214. The van der Waals surface area contributed by atoms with Crippen molar-refractivity contribution in [3.8, 4) is 11.1 Å². The van der Waals surface area contributed by atoms with E-state index < -0.39 is 9.73 Å². The first-order chi connectivity index (χ1) is 9.56. The van der Waals surface area contributed by atoms with Crippen LogP contribution in [0.5, 0.6) is 0 Å². The quantitative estimate of drug-likeness (QED) is 0.779. The van der Waals surface area contributed by atoms with Crippen molar-refractivity contribution in [3.63, 3.8) is 0 Å². The van der Waals surface area contributed by atoms with Gasteiger partial charge in [-0.2, -0.15) is 0 Å². The molecule has 0 saturated heterocycles. The lowest BCUT2D eigenvalue weighted by Crippen LogP contribution is -2.08. The number of aliphatic hydroxyl groups is 1. The lowest BCUT2D eigenvalue weighted by molar-refractivity contribution is 0.321. The van der Waals surface area contributed by atoms with Gasteiger partial charge in [0, 0.05) is 23.2 Å². The standard InChI is InChI=1S/C14H17N3O2S/c15-9-13-4-1-12(10-17-13)11-2-5-14(6-3-11)20(16,19)8-7-18/h1-6,10,16,18H,7-9,15H2. The van der Waals surface area contributed by atoms with E-state index in [1.807, 2.05) is 12.1 Å². The molecule has 0 aliphatic heterocycles. The predicted octanol–water partition coefficient (Wildman–Crippen LogP) is 1.61. The molecule has 5 nitrogen and oxygen atoms in total. The summed E-state index contributed by atoms with van der Waals surface area (Å²) in [6.45, 7) is 0.149. The molecule has 20 heavy (non-hydrogen) atoms. The number of nitrogens with one attached hydrogen (secondary N) is 1. The summed E-state index contributed by atoms with van der Waals surface area (Å²) in [7, 11) is -2.90. The minimum absolute atomic E-state index is 0.0426. The Morgan fingerprint density at radius 1 is 1.15 bits per heavy atom. The lowest BCUT2D eigenvalue weighted by atomic mass is 10.1. The summed E-state index contributed by atoms with van der Waals surface area (Å²) in [5.41, 5.74) is 8.19. The van der Waals surface area contributed by atoms with Crippen LogP contribution in [0, 0.1) is 4.78 Å². The fourth-order valence-corrected chi connectivity index (χ4v) is 2.90. The zero-order chi connectivity index (χ0) is 14.6. The number of aliphatic hydroxyl groups excluding tert-OH is 1. The van der Waals surface area contributed by atoms with Gasteiger partial charge in [0.2, 0.25) is 0 Å². The molecule has 0 amide bonds. The van der Waals surface area contributed by atoms with Crippen LogP contribution >= 0.6 is 0 Å². The Bertz CT molecular complexity index is 665. The maximum absolute atomic E-state index is 12.0. The second-order valence-electron chi connectivity index (χ2n) is 4.37. The zero-order valence-electron chi connectivity index (χ0n) is 11.0.